The fraction of sp³-hybridized carbons (Fsp3) is 0.450. The number of nitrogens with two attached hydrogens (primary N) is 2. The van der Waals surface area contributed by atoms with Crippen molar-refractivity contribution in [3.63, 3.8) is 0 Å². The third kappa shape index (κ3) is 2.29. The zero-order chi connectivity index (χ0) is 17.8. The van der Waals surface area contributed by atoms with Crippen molar-refractivity contribution in [3.8, 4) is 0 Å². The molecular weight excluding hydrogens is 324 g/mol. The van der Waals surface area contributed by atoms with E-state index in [-0.39, 0.29) is 11.0 Å². The molecule has 1 aromatic carbocycles. The fourth-order valence-electron chi connectivity index (χ4n) is 4.99. The Hall–Kier alpha value is -2.31. The Morgan fingerprint density at radius 3 is 2.38 bits per heavy atom. The minimum absolute atomic E-state index is 0.0275. The quantitative estimate of drug-likeness (QED) is 0.683. The Kier molecular flexibility index (Phi) is 3.27. The van der Waals surface area contributed by atoms with Gasteiger partial charge in [-0.15, -0.1) is 0 Å². The average Bonchev–Trinajstić information content (AvgIpc) is 3.12. The van der Waals surface area contributed by atoms with Crippen LogP contribution in [0, 0.1) is 5.41 Å². The van der Waals surface area contributed by atoms with E-state index in [0.717, 1.165) is 55.7 Å². The highest BCUT2D eigenvalue weighted by atomic mass is 15.5. The molecule has 6 rings (SSSR count). The first kappa shape index (κ1) is 15.9. The molecule has 6 N–H and O–H groups in total. The molecule has 1 aliphatic heterocycles. The molecule has 1 aromatic heterocycles. The highest BCUT2D eigenvalue weighted by Gasteiger charge is 2.57. The van der Waals surface area contributed by atoms with E-state index in [0.29, 0.717) is 0 Å². The molecule has 3 saturated carbocycles. The smallest absolute Gasteiger partial charge is 0.174 e. The summed E-state index contributed by atoms with van der Waals surface area (Å²) in [5, 5.41) is 3.51. The van der Waals surface area contributed by atoms with E-state index >= 15 is 0 Å². The third-order valence-electron chi connectivity index (χ3n) is 6.79. The summed E-state index contributed by atoms with van der Waals surface area (Å²) in [7, 11) is 0. The van der Waals surface area contributed by atoms with Crippen LogP contribution in [0.4, 0.5) is 5.69 Å². The number of anilines is 1. The summed E-state index contributed by atoms with van der Waals surface area (Å²) >= 11 is 0. The van der Waals surface area contributed by atoms with Crippen LogP contribution in [0.5, 0.6) is 0 Å². The maximum Gasteiger partial charge on any atom is 0.174 e. The molecule has 3 fully saturated rings. The number of para-hydroxylation sites is 1. The number of imidazole rings is 1. The first-order valence-corrected chi connectivity index (χ1v) is 9.46. The van der Waals surface area contributed by atoms with Crippen LogP contribution < -0.4 is 22.2 Å². The van der Waals surface area contributed by atoms with Crippen LogP contribution >= 0.6 is 0 Å². The molecule has 0 saturated heterocycles. The van der Waals surface area contributed by atoms with Crippen LogP contribution in [0.3, 0.4) is 0 Å². The van der Waals surface area contributed by atoms with Crippen LogP contribution in [0.15, 0.2) is 48.8 Å². The molecule has 0 radical (unpaired) electrons. The molecule has 2 heterocycles. The van der Waals surface area contributed by atoms with Gasteiger partial charge in [0.2, 0.25) is 0 Å². The monoisotopic (exact) mass is 350 g/mol. The molecule has 1 atom stereocenters. The number of fused-ring (bicyclic) bond motifs is 4. The molecule has 1 unspecified atom stereocenters. The Bertz CT molecular complexity index is 830. The van der Waals surface area contributed by atoms with E-state index in [4.69, 9.17) is 11.5 Å². The predicted octanol–water partition coefficient (Wildman–Crippen LogP) is 2.60. The van der Waals surface area contributed by atoms with Gasteiger partial charge >= 0.3 is 0 Å². The lowest BCUT2D eigenvalue weighted by Gasteiger charge is -2.59. The van der Waals surface area contributed by atoms with Gasteiger partial charge in [0.1, 0.15) is 5.66 Å². The zero-order valence-electron chi connectivity index (χ0n) is 14.9. The number of hydrogen-bond donors (Lipinski definition) is 4. The zero-order valence-corrected chi connectivity index (χ0v) is 14.9. The van der Waals surface area contributed by atoms with Gasteiger partial charge in [-0.3, -0.25) is 0 Å². The van der Waals surface area contributed by atoms with Crippen molar-refractivity contribution in [3.05, 3.63) is 54.6 Å². The highest BCUT2D eigenvalue weighted by molar-refractivity contribution is 5.76. The van der Waals surface area contributed by atoms with E-state index in [1.54, 1.807) is 6.20 Å². The highest BCUT2D eigenvalue weighted by Crippen LogP contribution is 2.56. The number of rotatable bonds is 3. The van der Waals surface area contributed by atoms with Crippen molar-refractivity contribution in [1.29, 1.82) is 0 Å². The summed E-state index contributed by atoms with van der Waals surface area (Å²) < 4.78 is 1.96. The molecule has 0 spiro atoms. The van der Waals surface area contributed by atoms with E-state index in [9.17, 15) is 0 Å². The first-order valence-electron chi connectivity index (χ1n) is 9.46. The van der Waals surface area contributed by atoms with E-state index in [1.165, 1.54) is 0 Å². The van der Waals surface area contributed by atoms with Gasteiger partial charge in [0.15, 0.2) is 5.82 Å². The second-order valence-electron chi connectivity index (χ2n) is 8.29. The predicted molar refractivity (Wildman–Crippen MR) is 104 cm³/mol. The van der Waals surface area contributed by atoms with Crippen LogP contribution in [0.25, 0.3) is 5.70 Å². The van der Waals surface area contributed by atoms with Crippen LogP contribution in [0.2, 0.25) is 0 Å². The molecule has 26 heavy (non-hydrogen) atoms. The summed E-state index contributed by atoms with van der Waals surface area (Å²) in [6.07, 6.45) is 12.2. The number of nitrogens with zero attached hydrogens (tertiary/aromatic N) is 2. The summed E-state index contributed by atoms with van der Waals surface area (Å²) in [4.78, 5) is 4.51. The molecule has 3 aliphatic carbocycles. The third-order valence-corrected chi connectivity index (χ3v) is 6.79. The summed E-state index contributed by atoms with van der Waals surface area (Å²) in [5.74, 6) is 0.853. The van der Waals surface area contributed by atoms with Gasteiger partial charge in [-0.25, -0.2) is 9.66 Å². The minimum atomic E-state index is -0.625. The van der Waals surface area contributed by atoms with Gasteiger partial charge in [-0.2, -0.15) is 0 Å². The SMILES string of the molecule is NC12CCC(C3(N)C=C(Nc4ccccc4)c4nccn4N3)(CC1)CC2. The van der Waals surface area contributed by atoms with Crippen molar-refractivity contribution in [2.75, 3.05) is 10.7 Å². The summed E-state index contributed by atoms with van der Waals surface area (Å²) in [5.41, 5.74) is 18.5. The molecule has 6 nitrogen and oxygen atoms in total. The number of hydrogen-bond acceptors (Lipinski definition) is 5. The minimum Gasteiger partial charge on any atom is -0.353 e. The van der Waals surface area contributed by atoms with Gasteiger partial charge in [0, 0.05) is 29.0 Å². The fourth-order valence-corrected chi connectivity index (χ4v) is 4.99. The van der Waals surface area contributed by atoms with Gasteiger partial charge in [0.25, 0.3) is 0 Å². The molecular formula is C20H26N6. The van der Waals surface area contributed by atoms with Crippen molar-refractivity contribution in [1.82, 2.24) is 9.66 Å². The van der Waals surface area contributed by atoms with Crippen molar-refractivity contribution in [2.45, 2.75) is 49.7 Å². The van der Waals surface area contributed by atoms with E-state index in [2.05, 4.69) is 33.9 Å². The topological polar surface area (TPSA) is 93.9 Å². The summed E-state index contributed by atoms with van der Waals surface area (Å²) in [6, 6.07) is 10.2. The molecule has 4 aliphatic rings. The Balaban J connectivity index is 1.54. The second kappa shape index (κ2) is 5.34. The first-order chi connectivity index (χ1) is 12.5. The summed E-state index contributed by atoms with van der Waals surface area (Å²) in [6.45, 7) is 0. The maximum absolute atomic E-state index is 7.05. The number of nitrogens with one attached hydrogen (secondary N) is 2. The van der Waals surface area contributed by atoms with Gasteiger partial charge in [-0.05, 0) is 56.7 Å². The van der Waals surface area contributed by atoms with E-state index in [1.807, 2.05) is 29.1 Å². The Morgan fingerprint density at radius 2 is 1.69 bits per heavy atom. The Morgan fingerprint density at radius 1 is 1.00 bits per heavy atom. The van der Waals surface area contributed by atoms with Crippen molar-refractivity contribution >= 4 is 11.4 Å². The number of aromatic nitrogens is 2. The van der Waals surface area contributed by atoms with Crippen molar-refractivity contribution in [2.24, 2.45) is 16.9 Å². The van der Waals surface area contributed by atoms with Crippen molar-refractivity contribution < 1.29 is 0 Å². The van der Waals surface area contributed by atoms with Crippen LogP contribution in [-0.2, 0) is 0 Å². The normalized spacial score (nSPS) is 35.4. The largest absolute Gasteiger partial charge is 0.353 e. The van der Waals surface area contributed by atoms with Gasteiger partial charge < -0.3 is 22.2 Å². The Labute approximate surface area is 153 Å². The van der Waals surface area contributed by atoms with Crippen LogP contribution in [0.1, 0.15) is 44.3 Å². The lowest BCUT2D eigenvalue weighted by Crippen LogP contribution is -2.68. The standard InChI is InChI=1S/C20H26N6/c21-19-9-6-18(7-10-19,8-11-19)20(22)14-16(17-23-12-13-26(17)25-20)24-15-4-2-1-3-5-15/h1-5,12-14,24-25H,6-11,21-22H2. The number of benzene rings is 1. The molecule has 6 heteroatoms. The molecule has 136 valence electrons. The van der Waals surface area contributed by atoms with Gasteiger partial charge in [0.05, 0.1) is 5.70 Å². The lowest BCUT2D eigenvalue weighted by atomic mass is 9.53. The molecule has 2 bridgehead atoms. The lowest BCUT2D eigenvalue weighted by molar-refractivity contribution is 0.000465. The molecule has 2 aromatic rings. The van der Waals surface area contributed by atoms with E-state index < -0.39 is 5.66 Å². The van der Waals surface area contributed by atoms with Crippen LogP contribution in [-0.4, -0.2) is 20.9 Å². The second-order valence-corrected chi connectivity index (χ2v) is 8.29. The average molecular weight is 350 g/mol. The maximum atomic E-state index is 7.05. The van der Waals surface area contributed by atoms with Gasteiger partial charge in [-0.1, -0.05) is 18.2 Å². The molecule has 0 amide bonds.